The van der Waals surface area contributed by atoms with Gasteiger partial charge in [0.15, 0.2) is 0 Å². The summed E-state index contributed by atoms with van der Waals surface area (Å²) in [6.07, 6.45) is 1.14. The van der Waals surface area contributed by atoms with Crippen molar-refractivity contribution in [2.24, 2.45) is 0 Å². The summed E-state index contributed by atoms with van der Waals surface area (Å²) in [5.41, 5.74) is 0. The lowest BCUT2D eigenvalue weighted by Gasteiger charge is -2.35. The van der Waals surface area contributed by atoms with Gasteiger partial charge in [-0.05, 0) is 32.0 Å². The number of benzene rings is 1. The number of hydrogen-bond acceptors (Lipinski definition) is 4. The number of rotatable bonds is 5. The Morgan fingerprint density at radius 3 is 2.52 bits per heavy atom. The highest BCUT2D eigenvalue weighted by atomic mass is 35.5. The van der Waals surface area contributed by atoms with Crippen molar-refractivity contribution < 1.29 is 18.3 Å². The van der Waals surface area contributed by atoms with E-state index >= 15 is 0 Å². The SMILES string of the molecule is CN(CC(=O)O)C1CCN(S(=O)(=O)c2cccc(Cl)c2Cl)CC1. The molecule has 0 aliphatic carbocycles. The highest BCUT2D eigenvalue weighted by molar-refractivity contribution is 7.89. The Morgan fingerprint density at radius 1 is 1.35 bits per heavy atom. The van der Waals surface area contributed by atoms with E-state index in [1.165, 1.54) is 16.4 Å². The molecule has 23 heavy (non-hydrogen) atoms. The van der Waals surface area contributed by atoms with Gasteiger partial charge in [0, 0.05) is 19.1 Å². The van der Waals surface area contributed by atoms with Gasteiger partial charge in [-0.2, -0.15) is 4.31 Å². The molecule has 1 saturated heterocycles. The van der Waals surface area contributed by atoms with Gasteiger partial charge in [-0.15, -0.1) is 0 Å². The van der Waals surface area contributed by atoms with Crippen molar-refractivity contribution in [2.75, 3.05) is 26.7 Å². The predicted molar refractivity (Wildman–Crippen MR) is 88.5 cm³/mol. The summed E-state index contributed by atoms with van der Waals surface area (Å²) in [7, 11) is -1.97. The molecule has 1 aromatic carbocycles. The van der Waals surface area contributed by atoms with Gasteiger partial charge < -0.3 is 5.11 Å². The maximum Gasteiger partial charge on any atom is 0.317 e. The van der Waals surface area contributed by atoms with Crippen molar-refractivity contribution in [1.82, 2.24) is 9.21 Å². The number of halogens is 2. The molecule has 0 radical (unpaired) electrons. The van der Waals surface area contributed by atoms with Crippen molar-refractivity contribution in [3.63, 3.8) is 0 Å². The van der Waals surface area contributed by atoms with E-state index in [0.29, 0.717) is 25.9 Å². The normalized spacial score (nSPS) is 17.6. The molecule has 0 amide bonds. The van der Waals surface area contributed by atoms with Crippen LogP contribution in [0.1, 0.15) is 12.8 Å². The van der Waals surface area contributed by atoms with Gasteiger partial charge in [0.25, 0.3) is 0 Å². The van der Waals surface area contributed by atoms with Crippen molar-refractivity contribution >= 4 is 39.2 Å². The van der Waals surface area contributed by atoms with E-state index in [2.05, 4.69) is 0 Å². The van der Waals surface area contributed by atoms with Crippen LogP contribution >= 0.6 is 23.2 Å². The van der Waals surface area contributed by atoms with Gasteiger partial charge in [0.1, 0.15) is 4.90 Å². The Bertz CT molecular complexity index is 688. The van der Waals surface area contributed by atoms with E-state index in [-0.39, 0.29) is 27.5 Å². The fourth-order valence-electron chi connectivity index (χ4n) is 2.69. The summed E-state index contributed by atoms with van der Waals surface area (Å²) >= 11 is 11.9. The number of aliphatic carboxylic acids is 1. The number of carbonyl (C=O) groups is 1. The van der Waals surface area contributed by atoms with Crippen LogP contribution in [-0.2, 0) is 14.8 Å². The van der Waals surface area contributed by atoms with Crippen LogP contribution in [-0.4, -0.2) is 61.4 Å². The Hall–Kier alpha value is -0.860. The summed E-state index contributed by atoms with van der Waals surface area (Å²) in [5, 5.41) is 9.05. The average Bonchev–Trinajstić information content (AvgIpc) is 2.49. The summed E-state index contributed by atoms with van der Waals surface area (Å²) in [6, 6.07) is 4.57. The van der Waals surface area contributed by atoms with Crippen LogP contribution in [0, 0.1) is 0 Å². The molecule has 2 rings (SSSR count). The van der Waals surface area contributed by atoms with Gasteiger partial charge in [0.05, 0.1) is 16.6 Å². The van der Waals surface area contributed by atoms with E-state index in [1.54, 1.807) is 18.0 Å². The molecule has 0 spiro atoms. The van der Waals surface area contributed by atoms with Gasteiger partial charge in [-0.3, -0.25) is 9.69 Å². The third-order valence-corrected chi connectivity index (χ3v) is 6.84. The number of sulfonamides is 1. The molecule has 1 heterocycles. The standard InChI is InChI=1S/C14H18Cl2N2O4S/c1-17(9-13(19)20)10-5-7-18(8-6-10)23(21,22)12-4-2-3-11(15)14(12)16/h2-4,10H,5-9H2,1H3,(H,19,20). The van der Waals surface area contributed by atoms with Gasteiger partial charge >= 0.3 is 5.97 Å². The Balaban J connectivity index is 2.10. The number of nitrogens with zero attached hydrogens (tertiary/aromatic N) is 2. The van der Waals surface area contributed by atoms with Crippen molar-refractivity contribution in [3.05, 3.63) is 28.2 Å². The van der Waals surface area contributed by atoms with Crippen LogP contribution in [0.15, 0.2) is 23.1 Å². The molecule has 6 nitrogen and oxygen atoms in total. The third kappa shape index (κ3) is 4.16. The summed E-state index contributed by atoms with van der Waals surface area (Å²) in [5.74, 6) is -0.895. The van der Waals surface area contributed by atoms with Crippen LogP contribution in [0.4, 0.5) is 0 Å². The van der Waals surface area contributed by atoms with Gasteiger partial charge in [-0.1, -0.05) is 29.3 Å². The van der Waals surface area contributed by atoms with E-state index in [9.17, 15) is 13.2 Å². The molecule has 0 saturated carbocycles. The highest BCUT2D eigenvalue weighted by Crippen LogP contribution is 2.32. The second-order valence-corrected chi connectivity index (χ2v) is 8.19. The lowest BCUT2D eigenvalue weighted by Crippen LogP contribution is -2.46. The number of carboxylic acids is 1. The summed E-state index contributed by atoms with van der Waals surface area (Å²) in [6.45, 7) is 0.580. The zero-order valence-electron chi connectivity index (χ0n) is 12.6. The molecule has 0 atom stereocenters. The lowest BCUT2D eigenvalue weighted by atomic mass is 10.1. The number of hydrogen-bond donors (Lipinski definition) is 1. The third-order valence-electron chi connectivity index (χ3n) is 3.97. The van der Waals surface area contributed by atoms with E-state index in [1.807, 2.05) is 0 Å². The fraction of sp³-hybridized carbons (Fsp3) is 0.500. The van der Waals surface area contributed by atoms with Crippen LogP contribution in [0.2, 0.25) is 10.0 Å². The average molecular weight is 381 g/mol. The molecular weight excluding hydrogens is 363 g/mol. The number of piperidine rings is 1. The van der Waals surface area contributed by atoms with E-state index < -0.39 is 16.0 Å². The molecule has 128 valence electrons. The predicted octanol–water partition coefficient (Wildman–Crippen LogP) is 2.16. The Morgan fingerprint density at radius 2 is 1.96 bits per heavy atom. The summed E-state index contributed by atoms with van der Waals surface area (Å²) in [4.78, 5) is 12.5. The van der Waals surface area contributed by atoms with Crippen LogP contribution in [0.25, 0.3) is 0 Å². The molecule has 1 fully saturated rings. The first-order valence-electron chi connectivity index (χ1n) is 7.09. The van der Waals surface area contributed by atoms with Gasteiger partial charge in [0.2, 0.25) is 10.0 Å². The highest BCUT2D eigenvalue weighted by Gasteiger charge is 2.32. The topological polar surface area (TPSA) is 77.9 Å². The summed E-state index contributed by atoms with van der Waals surface area (Å²) < 4.78 is 26.8. The lowest BCUT2D eigenvalue weighted by molar-refractivity contribution is -0.138. The largest absolute Gasteiger partial charge is 0.480 e. The molecule has 0 bridgehead atoms. The zero-order valence-corrected chi connectivity index (χ0v) is 14.9. The molecule has 1 aromatic rings. The Labute approximate surface area is 145 Å². The minimum Gasteiger partial charge on any atom is -0.480 e. The smallest absolute Gasteiger partial charge is 0.317 e. The molecule has 9 heteroatoms. The number of carboxylic acid groups (broad SMARTS) is 1. The van der Waals surface area contributed by atoms with Crippen molar-refractivity contribution in [1.29, 1.82) is 0 Å². The first-order chi connectivity index (χ1) is 10.7. The molecular formula is C14H18Cl2N2O4S. The molecule has 0 unspecified atom stereocenters. The van der Waals surface area contributed by atoms with Crippen molar-refractivity contribution in [3.8, 4) is 0 Å². The van der Waals surface area contributed by atoms with E-state index in [0.717, 1.165) is 0 Å². The maximum absolute atomic E-state index is 12.7. The molecule has 1 N–H and O–H groups in total. The first-order valence-corrected chi connectivity index (χ1v) is 9.29. The van der Waals surface area contributed by atoms with Crippen LogP contribution in [0.5, 0.6) is 0 Å². The minimum atomic E-state index is -3.71. The molecule has 1 aliphatic rings. The van der Waals surface area contributed by atoms with Crippen LogP contribution < -0.4 is 0 Å². The fourth-order valence-corrected chi connectivity index (χ4v) is 4.89. The minimum absolute atomic E-state index is 0.00371. The quantitative estimate of drug-likeness (QED) is 0.846. The second-order valence-electron chi connectivity index (χ2n) is 5.50. The first kappa shape index (κ1) is 18.5. The van der Waals surface area contributed by atoms with E-state index in [4.69, 9.17) is 28.3 Å². The number of likely N-dealkylation sites (N-methyl/N-ethyl adjacent to an activating group) is 1. The second kappa shape index (κ2) is 7.36. The maximum atomic E-state index is 12.7. The van der Waals surface area contributed by atoms with Gasteiger partial charge in [-0.25, -0.2) is 8.42 Å². The van der Waals surface area contributed by atoms with Crippen LogP contribution in [0.3, 0.4) is 0 Å². The Kier molecular flexibility index (Phi) is 5.91. The monoisotopic (exact) mass is 380 g/mol. The molecule has 0 aromatic heterocycles. The molecule has 1 aliphatic heterocycles. The van der Waals surface area contributed by atoms with Crippen molar-refractivity contribution in [2.45, 2.75) is 23.8 Å². The zero-order chi connectivity index (χ0) is 17.2.